The van der Waals surface area contributed by atoms with Crippen LogP contribution in [0.3, 0.4) is 0 Å². The highest BCUT2D eigenvalue weighted by Gasteiger charge is 2.39. The van der Waals surface area contributed by atoms with E-state index in [-0.39, 0.29) is 17.2 Å². The predicted octanol–water partition coefficient (Wildman–Crippen LogP) is 2.06. The summed E-state index contributed by atoms with van der Waals surface area (Å²) in [6.45, 7) is 0.347. The summed E-state index contributed by atoms with van der Waals surface area (Å²) in [6, 6.07) is 8.94. The van der Waals surface area contributed by atoms with Crippen LogP contribution < -0.4 is 5.32 Å². The molecular formula is C20H18N2O4. The number of nitrogens with zero attached hydrogens (tertiary/aromatic N) is 1. The average Bonchev–Trinajstić information content (AvgIpc) is 3.29. The zero-order valence-electron chi connectivity index (χ0n) is 14.3. The topological polar surface area (TPSA) is 79.6 Å². The van der Waals surface area contributed by atoms with Crippen LogP contribution in [-0.4, -0.2) is 42.6 Å². The van der Waals surface area contributed by atoms with Crippen LogP contribution in [-0.2, 0) is 11.2 Å². The van der Waals surface area contributed by atoms with Crippen LogP contribution in [0.5, 0.6) is 0 Å². The molecule has 0 unspecified atom stereocenters. The van der Waals surface area contributed by atoms with Gasteiger partial charge in [-0.25, -0.2) is 0 Å². The number of fused-ring (bicyclic) bond motifs is 2. The maximum atomic E-state index is 13.0. The number of hydrogen-bond acceptors (Lipinski definition) is 4. The molecule has 0 radical (unpaired) electrons. The van der Waals surface area contributed by atoms with E-state index in [9.17, 15) is 14.4 Å². The van der Waals surface area contributed by atoms with Gasteiger partial charge in [0.15, 0.2) is 6.29 Å². The van der Waals surface area contributed by atoms with E-state index in [0.29, 0.717) is 19.3 Å². The van der Waals surface area contributed by atoms with Crippen LogP contribution in [0.4, 0.5) is 0 Å². The van der Waals surface area contributed by atoms with Gasteiger partial charge in [-0.3, -0.25) is 14.4 Å². The maximum absolute atomic E-state index is 13.0. The van der Waals surface area contributed by atoms with Crippen molar-refractivity contribution in [1.82, 2.24) is 10.2 Å². The first-order chi connectivity index (χ1) is 12.6. The van der Waals surface area contributed by atoms with E-state index in [1.807, 2.05) is 12.1 Å². The Bertz CT molecular complexity index is 941. The highest BCUT2D eigenvalue weighted by Crippen LogP contribution is 2.40. The number of furan rings is 1. The summed E-state index contributed by atoms with van der Waals surface area (Å²) in [4.78, 5) is 38.2. The molecule has 1 atom stereocenters. The van der Waals surface area contributed by atoms with Crippen molar-refractivity contribution in [3.8, 4) is 0 Å². The number of nitrogens with one attached hydrogen (secondary N) is 1. The summed E-state index contributed by atoms with van der Waals surface area (Å²) in [5.74, 6) is -0.685. The van der Waals surface area contributed by atoms with Crippen LogP contribution >= 0.6 is 0 Å². The SMILES string of the molecule is CNC(=O)[C@H]1CC2=C(Cc3ccccc32)CN1C(=O)c1occc1C=O. The Morgan fingerprint density at radius 3 is 2.85 bits per heavy atom. The summed E-state index contributed by atoms with van der Waals surface area (Å²) in [6.07, 6.45) is 3.13. The third-order valence-electron chi connectivity index (χ3n) is 5.13. The molecule has 1 N–H and O–H groups in total. The number of amides is 2. The number of aldehydes is 1. The van der Waals surface area contributed by atoms with Crippen molar-refractivity contribution in [3.63, 3.8) is 0 Å². The third kappa shape index (κ3) is 2.45. The molecule has 2 amide bonds. The first-order valence-electron chi connectivity index (χ1n) is 8.48. The Labute approximate surface area is 150 Å². The van der Waals surface area contributed by atoms with Crippen molar-refractivity contribution in [1.29, 1.82) is 0 Å². The van der Waals surface area contributed by atoms with Crippen molar-refractivity contribution in [3.05, 3.63) is 64.6 Å². The van der Waals surface area contributed by atoms with E-state index in [4.69, 9.17) is 4.42 Å². The van der Waals surface area contributed by atoms with Crippen LogP contribution in [0.15, 0.2) is 46.6 Å². The van der Waals surface area contributed by atoms with Gasteiger partial charge < -0.3 is 14.6 Å². The molecule has 1 aromatic heterocycles. The molecule has 0 saturated heterocycles. The standard InChI is InChI=1S/C20H18N2O4/c1-21-19(24)17-9-16-14(8-12-4-2-3-5-15(12)16)10-22(17)20(25)18-13(11-23)6-7-26-18/h2-7,11,17H,8-10H2,1H3,(H,21,24)/t17-/m1/s1. The fourth-order valence-corrected chi connectivity index (χ4v) is 3.85. The van der Waals surface area contributed by atoms with E-state index >= 15 is 0 Å². The number of carbonyl (C=O) groups excluding carboxylic acids is 3. The molecule has 6 heteroatoms. The van der Waals surface area contributed by atoms with Crippen LogP contribution in [0, 0.1) is 0 Å². The Kier molecular flexibility index (Phi) is 3.95. The van der Waals surface area contributed by atoms with E-state index in [2.05, 4.69) is 17.4 Å². The lowest BCUT2D eigenvalue weighted by atomic mass is 9.92. The highest BCUT2D eigenvalue weighted by molar-refractivity contribution is 6.02. The smallest absolute Gasteiger partial charge is 0.291 e. The normalized spacial score (nSPS) is 18.3. The van der Waals surface area contributed by atoms with Gasteiger partial charge in [0, 0.05) is 20.0 Å². The Morgan fingerprint density at radius 1 is 1.27 bits per heavy atom. The van der Waals surface area contributed by atoms with Gasteiger partial charge in [-0.1, -0.05) is 24.3 Å². The van der Waals surface area contributed by atoms with Crippen molar-refractivity contribution < 1.29 is 18.8 Å². The second kappa shape index (κ2) is 6.29. The minimum absolute atomic E-state index is 0.0199. The van der Waals surface area contributed by atoms with Gasteiger partial charge in [0.1, 0.15) is 6.04 Å². The van der Waals surface area contributed by atoms with Crippen molar-refractivity contribution >= 4 is 23.7 Å². The lowest BCUT2D eigenvalue weighted by molar-refractivity contribution is -0.125. The predicted molar refractivity (Wildman–Crippen MR) is 94.7 cm³/mol. The molecule has 132 valence electrons. The molecule has 2 aliphatic rings. The summed E-state index contributed by atoms with van der Waals surface area (Å²) in [7, 11) is 1.56. The summed E-state index contributed by atoms with van der Waals surface area (Å²) < 4.78 is 5.24. The second-order valence-corrected chi connectivity index (χ2v) is 6.51. The summed E-state index contributed by atoms with van der Waals surface area (Å²) in [5, 5.41) is 2.64. The number of hydrogen-bond donors (Lipinski definition) is 1. The second-order valence-electron chi connectivity index (χ2n) is 6.51. The first kappa shape index (κ1) is 16.3. The fourth-order valence-electron chi connectivity index (χ4n) is 3.85. The van der Waals surface area contributed by atoms with E-state index in [1.54, 1.807) is 7.05 Å². The van der Waals surface area contributed by atoms with E-state index in [1.165, 1.54) is 22.8 Å². The highest BCUT2D eigenvalue weighted by atomic mass is 16.3. The number of benzene rings is 1. The number of rotatable bonds is 3. The molecule has 6 nitrogen and oxygen atoms in total. The monoisotopic (exact) mass is 350 g/mol. The Balaban J connectivity index is 1.72. The molecular weight excluding hydrogens is 332 g/mol. The molecule has 1 aromatic carbocycles. The minimum atomic E-state index is -0.637. The van der Waals surface area contributed by atoms with Gasteiger partial charge in [-0.2, -0.15) is 0 Å². The average molecular weight is 350 g/mol. The van der Waals surface area contributed by atoms with Crippen LogP contribution in [0.2, 0.25) is 0 Å². The van der Waals surface area contributed by atoms with E-state index < -0.39 is 11.9 Å². The van der Waals surface area contributed by atoms with Gasteiger partial charge >= 0.3 is 0 Å². The number of carbonyl (C=O) groups is 3. The first-order valence-corrected chi connectivity index (χ1v) is 8.48. The van der Waals surface area contributed by atoms with Gasteiger partial charge in [0.25, 0.3) is 5.91 Å². The van der Waals surface area contributed by atoms with Gasteiger partial charge in [0.2, 0.25) is 11.7 Å². The molecule has 1 aliphatic carbocycles. The Hall–Kier alpha value is -3.15. The zero-order chi connectivity index (χ0) is 18.3. The summed E-state index contributed by atoms with van der Waals surface area (Å²) in [5.41, 5.74) is 4.86. The summed E-state index contributed by atoms with van der Waals surface area (Å²) >= 11 is 0. The molecule has 0 saturated carbocycles. The number of likely N-dealkylation sites (N-methyl/N-ethyl adjacent to an activating group) is 1. The third-order valence-corrected chi connectivity index (χ3v) is 5.13. The van der Waals surface area contributed by atoms with E-state index in [0.717, 1.165) is 23.1 Å². The van der Waals surface area contributed by atoms with Crippen molar-refractivity contribution in [2.75, 3.05) is 13.6 Å². The molecule has 0 spiro atoms. The maximum Gasteiger partial charge on any atom is 0.291 e. The zero-order valence-corrected chi connectivity index (χ0v) is 14.3. The lowest BCUT2D eigenvalue weighted by Gasteiger charge is -2.35. The van der Waals surface area contributed by atoms with Crippen LogP contribution in [0.1, 0.15) is 38.5 Å². The quantitative estimate of drug-likeness (QED) is 0.860. The lowest BCUT2D eigenvalue weighted by Crippen LogP contribution is -2.51. The molecule has 26 heavy (non-hydrogen) atoms. The van der Waals surface area contributed by atoms with Crippen molar-refractivity contribution in [2.45, 2.75) is 18.9 Å². The minimum Gasteiger partial charge on any atom is -0.458 e. The molecule has 0 bridgehead atoms. The molecule has 0 fully saturated rings. The van der Waals surface area contributed by atoms with Gasteiger partial charge in [-0.15, -0.1) is 0 Å². The molecule has 1 aliphatic heterocycles. The van der Waals surface area contributed by atoms with Crippen LogP contribution in [0.25, 0.3) is 5.57 Å². The van der Waals surface area contributed by atoms with Crippen molar-refractivity contribution in [2.24, 2.45) is 0 Å². The van der Waals surface area contributed by atoms with Gasteiger partial charge in [-0.05, 0) is 34.8 Å². The molecule has 4 rings (SSSR count). The van der Waals surface area contributed by atoms with Gasteiger partial charge in [0.05, 0.1) is 11.8 Å². The molecule has 2 aromatic rings. The molecule has 2 heterocycles. The largest absolute Gasteiger partial charge is 0.458 e. The Morgan fingerprint density at radius 2 is 2.08 bits per heavy atom. The fraction of sp³-hybridized carbons (Fsp3) is 0.250.